The molecule has 0 bridgehead atoms. The second-order valence-electron chi connectivity index (χ2n) is 12.9. The molecule has 0 saturated heterocycles. The summed E-state index contributed by atoms with van der Waals surface area (Å²) in [5.74, 6) is 0. The van der Waals surface area contributed by atoms with E-state index in [9.17, 15) is 0 Å². The molecule has 10 aromatic rings. The Morgan fingerprint density at radius 1 is 0.392 bits per heavy atom. The third-order valence-corrected chi connectivity index (χ3v) is 11.1. The number of hydrogen-bond donors (Lipinski definition) is 0. The van der Waals surface area contributed by atoms with Crippen molar-refractivity contribution in [3.05, 3.63) is 188 Å². The molecular formula is C48H31NOS. The minimum atomic E-state index is 0.868. The number of nitrogens with zero attached hydrogens (tertiary/aromatic N) is 1. The molecule has 0 fully saturated rings. The van der Waals surface area contributed by atoms with Crippen molar-refractivity contribution in [3.63, 3.8) is 0 Å². The summed E-state index contributed by atoms with van der Waals surface area (Å²) < 4.78 is 9.07. The smallest absolute Gasteiger partial charge is 0.137 e. The molecule has 0 unspecified atom stereocenters. The molecule has 0 atom stereocenters. The SMILES string of the molecule is c1ccc(-c2ccc(-c3ccccc3)c(N(c3ccc(-c4cccc5c4sc4ccccc45)cc3)c3cccc4oc5ccccc5c34)c2)cc1. The molecule has 0 aliphatic heterocycles. The van der Waals surface area contributed by atoms with E-state index in [0.29, 0.717) is 0 Å². The number of hydrogen-bond acceptors (Lipinski definition) is 3. The molecule has 0 aliphatic rings. The van der Waals surface area contributed by atoms with E-state index in [1.807, 2.05) is 17.4 Å². The Balaban J connectivity index is 1.22. The summed E-state index contributed by atoms with van der Waals surface area (Å²) in [5, 5.41) is 4.81. The van der Waals surface area contributed by atoms with Gasteiger partial charge in [-0.1, -0.05) is 146 Å². The minimum absolute atomic E-state index is 0.868. The number of rotatable bonds is 6. The van der Waals surface area contributed by atoms with Gasteiger partial charge in [-0.05, 0) is 70.3 Å². The van der Waals surface area contributed by atoms with Crippen LogP contribution in [-0.4, -0.2) is 0 Å². The average molecular weight is 670 g/mol. The van der Waals surface area contributed by atoms with Gasteiger partial charge >= 0.3 is 0 Å². The molecule has 0 aliphatic carbocycles. The van der Waals surface area contributed by atoms with Gasteiger partial charge in [0.1, 0.15) is 11.2 Å². The van der Waals surface area contributed by atoms with E-state index in [1.54, 1.807) is 0 Å². The molecule has 240 valence electrons. The largest absolute Gasteiger partial charge is 0.456 e. The zero-order valence-corrected chi connectivity index (χ0v) is 28.5. The van der Waals surface area contributed by atoms with Crippen molar-refractivity contribution in [2.75, 3.05) is 4.90 Å². The highest BCUT2D eigenvalue weighted by Gasteiger charge is 2.23. The molecule has 0 amide bonds. The van der Waals surface area contributed by atoms with Gasteiger partial charge in [0.15, 0.2) is 0 Å². The van der Waals surface area contributed by atoms with Gasteiger partial charge in [0.05, 0.1) is 16.8 Å². The van der Waals surface area contributed by atoms with Crippen LogP contribution in [-0.2, 0) is 0 Å². The molecule has 2 heterocycles. The van der Waals surface area contributed by atoms with E-state index in [4.69, 9.17) is 4.42 Å². The van der Waals surface area contributed by atoms with Gasteiger partial charge in [-0.3, -0.25) is 0 Å². The summed E-state index contributed by atoms with van der Waals surface area (Å²) >= 11 is 1.87. The van der Waals surface area contributed by atoms with E-state index in [2.05, 4.69) is 187 Å². The Labute approximate surface area is 300 Å². The van der Waals surface area contributed by atoms with Crippen molar-refractivity contribution in [2.24, 2.45) is 0 Å². The quantitative estimate of drug-likeness (QED) is 0.175. The molecular weight excluding hydrogens is 639 g/mol. The lowest BCUT2D eigenvalue weighted by Crippen LogP contribution is -2.12. The number of para-hydroxylation sites is 1. The van der Waals surface area contributed by atoms with E-state index >= 15 is 0 Å². The Hall–Kier alpha value is -6.42. The summed E-state index contributed by atoms with van der Waals surface area (Å²) in [6, 6.07) is 67.4. The van der Waals surface area contributed by atoms with E-state index < -0.39 is 0 Å². The van der Waals surface area contributed by atoms with Gasteiger partial charge in [0, 0.05) is 36.8 Å². The van der Waals surface area contributed by atoms with Crippen LogP contribution in [0.15, 0.2) is 192 Å². The summed E-state index contributed by atoms with van der Waals surface area (Å²) in [7, 11) is 0. The first-order valence-corrected chi connectivity index (χ1v) is 18.1. The lowest BCUT2D eigenvalue weighted by molar-refractivity contribution is 0.669. The number of furan rings is 1. The molecule has 3 heteroatoms. The topological polar surface area (TPSA) is 16.4 Å². The predicted octanol–water partition coefficient (Wildman–Crippen LogP) is 14.4. The highest BCUT2D eigenvalue weighted by atomic mass is 32.1. The van der Waals surface area contributed by atoms with Crippen LogP contribution in [0.4, 0.5) is 17.1 Å². The fraction of sp³-hybridized carbons (Fsp3) is 0. The van der Waals surface area contributed by atoms with Crippen LogP contribution in [0.5, 0.6) is 0 Å². The molecule has 8 aromatic carbocycles. The fourth-order valence-corrected chi connectivity index (χ4v) is 8.74. The highest BCUT2D eigenvalue weighted by molar-refractivity contribution is 7.26. The highest BCUT2D eigenvalue weighted by Crippen LogP contribution is 2.48. The molecule has 2 aromatic heterocycles. The van der Waals surface area contributed by atoms with Gasteiger partial charge < -0.3 is 9.32 Å². The van der Waals surface area contributed by atoms with E-state index in [0.717, 1.165) is 55.7 Å². The minimum Gasteiger partial charge on any atom is -0.456 e. The van der Waals surface area contributed by atoms with Crippen LogP contribution in [0, 0.1) is 0 Å². The lowest BCUT2D eigenvalue weighted by Gasteiger charge is -2.29. The third kappa shape index (κ3) is 5.01. The predicted molar refractivity (Wildman–Crippen MR) is 218 cm³/mol. The first-order valence-electron chi connectivity index (χ1n) is 17.3. The molecule has 0 radical (unpaired) electrons. The maximum absolute atomic E-state index is 6.44. The van der Waals surface area contributed by atoms with Crippen molar-refractivity contribution in [2.45, 2.75) is 0 Å². The van der Waals surface area contributed by atoms with Crippen LogP contribution >= 0.6 is 11.3 Å². The van der Waals surface area contributed by atoms with Gasteiger partial charge in [-0.25, -0.2) is 0 Å². The second-order valence-corrected chi connectivity index (χ2v) is 13.9. The number of thiophene rings is 1. The Kier molecular flexibility index (Phi) is 7.04. The van der Waals surface area contributed by atoms with Crippen molar-refractivity contribution in [1.82, 2.24) is 0 Å². The maximum atomic E-state index is 6.44. The van der Waals surface area contributed by atoms with Crippen LogP contribution < -0.4 is 4.90 Å². The Bertz CT molecular complexity index is 2850. The molecule has 51 heavy (non-hydrogen) atoms. The lowest BCUT2D eigenvalue weighted by atomic mass is 9.96. The number of fused-ring (bicyclic) bond motifs is 6. The number of anilines is 3. The van der Waals surface area contributed by atoms with Crippen molar-refractivity contribution < 1.29 is 4.42 Å². The fourth-order valence-electron chi connectivity index (χ4n) is 7.50. The van der Waals surface area contributed by atoms with Crippen LogP contribution in [0.25, 0.3) is 75.5 Å². The van der Waals surface area contributed by atoms with Crippen molar-refractivity contribution >= 4 is 70.5 Å². The summed E-state index contributed by atoms with van der Waals surface area (Å²) in [6.07, 6.45) is 0. The number of benzene rings is 8. The summed E-state index contributed by atoms with van der Waals surface area (Å²) in [5.41, 5.74) is 12.1. The van der Waals surface area contributed by atoms with Gasteiger partial charge in [-0.2, -0.15) is 0 Å². The van der Waals surface area contributed by atoms with Crippen molar-refractivity contribution in [1.29, 1.82) is 0 Å². The Morgan fingerprint density at radius 3 is 1.84 bits per heavy atom. The van der Waals surface area contributed by atoms with Crippen LogP contribution in [0.3, 0.4) is 0 Å². The van der Waals surface area contributed by atoms with E-state index in [-0.39, 0.29) is 0 Å². The molecule has 10 rings (SSSR count). The summed E-state index contributed by atoms with van der Waals surface area (Å²) in [6.45, 7) is 0. The monoisotopic (exact) mass is 669 g/mol. The first-order chi connectivity index (χ1) is 25.3. The zero-order chi connectivity index (χ0) is 33.7. The first kappa shape index (κ1) is 29.5. The third-order valence-electron chi connectivity index (χ3n) is 9.89. The van der Waals surface area contributed by atoms with Crippen LogP contribution in [0.1, 0.15) is 0 Å². The Morgan fingerprint density at radius 2 is 1.02 bits per heavy atom. The van der Waals surface area contributed by atoms with Crippen LogP contribution in [0.2, 0.25) is 0 Å². The van der Waals surface area contributed by atoms with Crippen molar-refractivity contribution in [3.8, 4) is 33.4 Å². The maximum Gasteiger partial charge on any atom is 0.137 e. The summed E-state index contributed by atoms with van der Waals surface area (Å²) in [4.78, 5) is 2.42. The standard InChI is InChI=1S/C48H31NOS/c1-3-13-32(14-4-1)35-27-30-37(33-15-5-2-6-16-33)43(31-35)49(42-21-12-23-45-47(42)41-18-7-9-22-44(41)50-45)36-28-25-34(26-29-36)38-19-11-20-40-39-17-8-10-24-46(39)51-48(38)40/h1-31H. The molecule has 0 N–H and O–H groups in total. The average Bonchev–Trinajstić information content (AvgIpc) is 3.78. The molecule has 2 nitrogen and oxygen atoms in total. The van der Waals surface area contributed by atoms with Gasteiger partial charge in [0.2, 0.25) is 0 Å². The van der Waals surface area contributed by atoms with Gasteiger partial charge in [-0.15, -0.1) is 11.3 Å². The van der Waals surface area contributed by atoms with Gasteiger partial charge in [0.25, 0.3) is 0 Å². The normalized spacial score (nSPS) is 11.5. The second kappa shape index (κ2) is 12.2. The molecule has 0 saturated carbocycles. The molecule has 0 spiro atoms. The van der Waals surface area contributed by atoms with E-state index in [1.165, 1.54) is 36.9 Å². The zero-order valence-electron chi connectivity index (χ0n) is 27.7.